The molecule has 0 radical (unpaired) electrons. The minimum absolute atomic E-state index is 0.0664. The van der Waals surface area contributed by atoms with Crippen molar-refractivity contribution in [3.8, 4) is 5.75 Å². The van der Waals surface area contributed by atoms with E-state index in [1.54, 1.807) is 30.6 Å². The average molecular weight is 274 g/mol. The van der Waals surface area contributed by atoms with Gasteiger partial charge in [0.2, 0.25) is 0 Å². The summed E-state index contributed by atoms with van der Waals surface area (Å²) in [5.41, 5.74) is 0.895. The maximum atomic E-state index is 13.3. The Labute approximate surface area is 116 Å². The van der Waals surface area contributed by atoms with Gasteiger partial charge in [0.15, 0.2) is 18.2 Å². The highest BCUT2D eigenvalue weighted by atomic mass is 19.1. The number of nitrogens with one attached hydrogen (secondary N) is 1. The van der Waals surface area contributed by atoms with Crippen LogP contribution >= 0.6 is 0 Å². The topological polar surface area (TPSA) is 51.2 Å². The minimum atomic E-state index is -0.486. The molecule has 2 aromatic rings. The molecular formula is C15H15FN2O2. The molecule has 1 aromatic carbocycles. The molecule has 1 unspecified atom stereocenters. The van der Waals surface area contributed by atoms with Crippen LogP contribution < -0.4 is 10.1 Å². The molecule has 2 rings (SSSR count). The number of halogens is 1. The summed E-state index contributed by atoms with van der Waals surface area (Å²) in [5.74, 6) is -0.734. The van der Waals surface area contributed by atoms with Crippen molar-refractivity contribution < 1.29 is 13.9 Å². The minimum Gasteiger partial charge on any atom is -0.481 e. The van der Waals surface area contributed by atoms with Crippen molar-refractivity contribution >= 4 is 5.91 Å². The number of benzene rings is 1. The zero-order chi connectivity index (χ0) is 14.4. The molecule has 0 spiro atoms. The van der Waals surface area contributed by atoms with E-state index in [9.17, 15) is 9.18 Å². The van der Waals surface area contributed by atoms with Gasteiger partial charge in [-0.1, -0.05) is 18.2 Å². The molecule has 20 heavy (non-hydrogen) atoms. The van der Waals surface area contributed by atoms with Crippen molar-refractivity contribution in [1.82, 2.24) is 10.3 Å². The fraction of sp³-hybridized carbons (Fsp3) is 0.200. The van der Waals surface area contributed by atoms with Gasteiger partial charge in [0.05, 0.1) is 6.04 Å². The van der Waals surface area contributed by atoms with Crippen molar-refractivity contribution in [1.29, 1.82) is 0 Å². The first-order valence-corrected chi connectivity index (χ1v) is 6.23. The highest BCUT2D eigenvalue weighted by Crippen LogP contribution is 2.15. The summed E-state index contributed by atoms with van der Waals surface area (Å²) in [6, 6.07) is 9.46. The molecule has 1 amide bonds. The number of carbonyl (C=O) groups is 1. The highest BCUT2D eigenvalue weighted by Gasteiger charge is 2.11. The number of para-hydroxylation sites is 1. The first-order chi connectivity index (χ1) is 9.66. The van der Waals surface area contributed by atoms with Crippen LogP contribution in [0.4, 0.5) is 4.39 Å². The summed E-state index contributed by atoms with van der Waals surface area (Å²) in [4.78, 5) is 15.7. The Morgan fingerprint density at radius 3 is 2.85 bits per heavy atom. The normalized spacial score (nSPS) is 11.7. The van der Waals surface area contributed by atoms with Crippen LogP contribution in [0, 0.1) is 5.82 Å². The second kappa shape index (κ2) is 6.65. The van der Waals surface area contributed by atoms with Gasteiger partial charge in [0.25, 0.3) is 5.91 Å². The summed E-state index contributed by atoms with van der Waals surface area (Å²) in [6.07, 6.45) is 3.35. The van der Waals surface area contributed by atoms with Crippen molar-refractivity contribution in [2.45, 2.75) is 13.0 Å². The predicted octanol–water partition coefficient (Wildman–Crippen LogP) is 2.48. The van der Waals surface area contributed by atoms with Gasteiger partial charge in [-0.25, -0.2) is 4.39 Å². The van der Waals surface area contributed by atoms with E-state index in [4.69, 9.17) is 4.74 Å². The monoisotopic (exact) mass is 274 g/mol. The Morgan fingerprint density at radius 1 is 1.35 bits per heavy atom. The standard InChI is InChI=1S/C15H15FN2O2/c1-11(12-5-4-8-17-9-12)18-15(19)10-20-14-7-3-2-6-13(14)16/h2-9,11H,10H2,1H3,(H,18,19). The van der Waals surface area contributed by atoms with Gasteiger partial charge in [0.1, 0.15) is 0 Å². The SMILES string of the molecule is CC(NC(=O)COc1ccccc1F)c1cccnc1. The zero-order valence-electron chi connectivity index (χ0n) is 11.0. The third kappa shape index (κ3) is 3.78. The van der Waals surface area contributed by atoms with Crippen molar-refractivity contribution in [3.05, 3.63) is 60.2 Å². The lowest BCUT2D eigenvalue weighted by Crippen LogP contribution is -2.31. The van der Waals surface area contributed by atoms with Crippen LogP contribution in [-0.4, -0.2) is 17.5 Å². The Hall–Kier alpha value is -2.43. The smallest absolute Gasteiger partial charge is 0.258 e. The molecule has 1 aromatic heterocycles. The van der Waals surface area contributed by atoms with Crippen LogP contribution in [0.1, 0.15) is 18.5 Å². The average Bonchev–Trinajstić information content (AvgIpc) is 2.47. The van der Waals surface area contributed by atoms with Crippen LogP contribution in [0.15, 0.2) is 48.8 Å². The Balaban J connectivity index is 1.86. The quantitative estimate of drug-likeness (QED) is 0.911. The molecule has 1 N–H and O–H groups in total. The summed E-state index contributed by atoms with van der Waals surface area (Å²) < 4.78 is 18.4. The van der Waals surface area contributed by atoms with Crippen LogP contribution in [-0.2, 0) is 4.79 Å². The third-order valence-corrected chi connectivity index (χ3v) is 2.76. The number of hydrogen-bond acceptors (Lipinski definition) is 3. The lowest BCUT2D eigenvalue weighted by Gasteiger charge is -2.14. The van der Waals surface area contributed by atoms with Crippen LogP contribution in [0.5, 0.6) is 5.75 Å². The third-order valence-electron chi connectivity index (χ3n) is 2.76. The van der Waals surface area contributed by atoms with Crippen LogP contribution in [0.3, 0.4) is 0 Å². The fourth-order valence-corrected chi connectivity index (χ4v) is 1.70. The number of aromatic nitrogens is 1. The maximum Gasteiger partial charge on any atom is 0.258 e. The number of carbonyl (C=O) groups excluding carboxylic acids is 1. The summed E-state index contributed by atoms with van der Waals surface area (Å²) >= 11 is 0. The molecule has 0 aliphatic rings. The Bertz CT molecular complexity index is 575. The van der Waals surface area contributed by atoms with Gasteiger partial charge in [-0.3, -0.25) is 9.78 Å². The fourth-order valence-electron chi connectivity index (χ4n) is 1.70. The number of ether oxygens (including phenoxy) is 1. The second-order valence-electron chi connectivity index (χ2n) is 4.29. The van der Waals surface area contributed by atoms with E-state index in [1.165, 1.54) is 12.1 Å². The van der Waals surface area contributed by atoms with Gasteiger partial charge in [0, 0.05) is 12.4 Å². The van der Waals surface area contributed by atoms with E-state index in [0.29, 0.717) is 0 Å². The largest absolute Gasteiger partial charge is 0.481 e. The number of rotatable bonds is 5. The van der Waals surface area contributed by atoms with Crippen LogP contribution in [0.2, 0.25) is 0 Å². The maximum absolute atomic E-state index is 13.3. The lowest BCUT2D eigenvalue weighted by molar-refractivity contribution is -0.123. The molecule has 0 aliphatic carbocycles. The van der Waals surface area contributed by atoms with E-state index in [-0.39, 0.29) is 24.3 Å². The second-order valence-corrected chi connectivity index (χ2v) is 4.29. The van der Waals surface area contributed by atoms with Gasteiger partial charge in [-0.2, -0.15) is 0 Å². The Kier molecular flexibility index (Phi) is 4.65. The molecular weight excluding hydrogens is 259 g/mol. The van der Waals surface area contributed by atoms with Gasteiger partial charge >= 0.3 is 0 Å². The molecule has 4 nitrogen and oxygen atoms in total. The molecule has 104 valence electrons. The van der Waals surface area contributed by atoms with Crippen molar-refractivity contribution in [3.63, 3.8) is 0 Å². The van der Waals surface area contributed by atoms with E-state index in [2.05, 4.69) is 10.3 Å². The number of amides is 1. The number of hydrogen-bond donors (Lipinski definition) is 1. The van der Waals surface area contributed by atoms with Gasteiger partial charge < -0.3 is 10.1 Å². The Morgan fingerprint density at radius 2 is 2.15 bits per heavy atom. The highest BCUT2D eigenvalue weighted by molar-refractivity contribution is 5.78. The molecule has 1 atom stereocenters. The molecule has 0 bridgehead atoms. The number of pyridine rings is 1. The first-order valence-electron chi connectivity index (χ1n) is 6.23. The van der Waals surface area contributed by atoms with E-state index in [1.807, 2.05) is 13.0 Å². The molecule has 0 fully saturated rings. The molecule has 5 heteroatoms. The van der Waals surface area contributed by atoms with Gasteiger partial charge in [-0.15, -0.1) is 0 Å². The summed E-state index contributed by atoms with van der Waals surface area (Å²) in [7, 11) is 0. The molecule has 0 saturated heterocycles. The van der Waals surface area contributed by atoms with Crippen molar-refractivity contribution in [2.24, 2.45) is 0 Å². The lowest BCUT2D eigenvalue weighted by atomic mass is 10.1. The van der Waals surface area contributed by atoms with E-state index in [0.717, 1.165) is 5.56 Å². The van der Waals surface area contributed by atoms with Gasteiger partial charge in [-0.05, 0) is 30.7 Å². The molecule has 0 aliphatic heterocycles. The van der Waals surface area contributed by atoms with E-state index < -0.39 is 5.82 Å². The van der Waals surface area contributed by atoms with Crippen LogP contribution in [0.25, 0.3) is 0 Å². The predicted molar refractivity (Wildman–Crippen MR) is 72.7 cm³/mol. The molecule has 1 heterocycles. The van der Waals surface area contributed by atoms with Crippen molar-refractivity contribution in [2.75, 3.05) is 6.61 Å². The molecule has 0 saturated carbocycles. The summed E-state index contributed by atoms with van der Waals surface area (Å²) in [6.45, 7) is 1.61. The first kappa shape index (κ1) is 14.0. The van der Waals surface area contributed by atoms with E-state index >= 15 is 0 Å². The zero-order valence-corrected chi connectivity index (χ0v) is 11.0. The summed E-state index contributed by atoms with van der Waals surface area (Å²) in [5, 5.41) is 2.76. The number of nitrogens with zero attached hydrogens (tertiary/aromatic N) is 1.